The number of hydrogen-bond acceptors (Lipinski definition) is 4. The topological polar surface area (TPSA) is 47.0 Å². The standard InChI is InChI=1S/C20H25N3O2/c1-21(17-7-3-2-4-8-17)19-10-6-5-9-18(19)20(25)23-13-11-22(12-14-23)15-16-24/h2-10,24H,11-16H2,1H3. The van der Waals surface area contributed by atoms with E-state index in [0.29, 0.717) is 19.6 Å². The second-order valence-corrected chi connectivity index (χ2v) is 6.27. The molecule has 2 aromatic rings. The number of para-hydroxylation sites is 2. The molecule has 1 N–H and O–H groups in total. The van der Waals surface area contributed by atoms with Crippen molar-refractivity contribution in [2.24, 2.45) is 0 Å². The third-order valence-corrected chi connectivity index (χ3v) is 4.72. The summed E-state index contributed by atoms with van der Waals surface area (Å²) in [6.07, 6.45) is 0. The van der Waals surface area contributed by atoms with E-state index in [1.165, 1.54) is 0 Å². The van der Waals surface area contributed by atoms with Crippen LogP contribution in [0.5, 0.6) is 0 Å². The summed E-state index contributed by atoms with van der Waals surface area (Å²) in [6.45, 7) is 3.85. The van der Waals surface area contributed by atoms with Crippen molar-refractivity contribution in [1.29, 1.82) is 0 Å². The van der Waals surface area contributed by atoms with E-state index >= 15 is 0 Å². The summed E-state index contributed by atoms with van der Waals surface area (Å²) >= 11 is 0. The maximum Gasteiger partial charge on any atom is 0.256 e. The Kier molecular flexibility index (Phi) is 5.68. The second-order valence-electron chi connectivity index (χ2n) is 6.27. The number of amides is 1. The Balaban J connectivity index is 1.78. The third kappa shape index (κ3) is 4.00. The number of hydrogen-bond donors (Lipinski definition) is 1. The van der Waals surface area contributed by atoms with Gasteiger partial charge in [-0.3, -0.25) is 9.69 Å². The Morgan fingerprint density at radius 1 is 1.00 bits per heavy atom. The highest BCUT2D eigenvalue weighted by Crippen LogP contribution is 2.27. The number of carbonyl (C=O) groups excluding carboxylic acids is 1. The first kappa shape index (κ1) is 17.5. The van der Waals surface area contributed by atoms with Gasteiger partial charge >= 0.3 is 0 Å². The van der Waals surface area contributed by atoms with Crippen LogP contribution in [0.2, 0.25) is 0 Å². The van der Waals surface area contributed by atoms with Gasteiger partial charge in [0.25, 0.3) is 5.91 Å². The summed E-state index contributed by atoms with van der Waals surface area (Å²) in [5, 5.41) is 9.05. The molecule has 3 rings (SSSR count). The fraction of sp³-hybridized carbons (Fsp3) is 0.350. The van der Waals surface area contributed by atoms with Gasteiger partial charge in [-0.1, -0.05) is 30.3 Å². The maximum atomic E-state index is 13.1. The van der Waals surface area contributed by atoms with Gasteiger partial charge in [-0.2, -0.15) is 0 Å². The molecule has 1 heterocycles. The minimum atomic E-state index is 0.0713. The van der Waals surface area contributed by atoms with Crippen LogP contribution in [0, 0.1) is 0 Å². The molecule has 0 bridgehead atoms. The van der Waals surface area contributed by atoms with Gasteiger partial charge in [0.05, 0.1) is 17.9 Å². The highest BCUT2D eigenvalue weighted by atomic mass is 16.3. The normalized spacial score (nSPS) is 15.2. The lowest BCUT2D eigenvalue weighted by molar-refractivity contribution is 0.0615. The fourth-order valence-corrected chi connectivity index (χ4v) is 3.22. The SMILES string of the molecule is CN(c1ccccc1)c1ccccc1C(=O)N1CCN(CCO)CC1. The van der Waals surface area contributed by atoms with Crippen LogP contribution in [-0.4, -0.2) is 67.2 Å². The molecule has 5 heteroatoms. The zero-order valence-electron chi connectivity index (χ0n) is 14.6. The quantitative estimate of drug-likeness (QED) is 0.907. The number of carbonyl (C=O) groups is 1. The number of aliphatic hydroxyl groups excluding tert-OH is 1. The monoisotopic (exact) mass is 339 g/mol. The zero-order valence-corrected chi connectivity index (χ0v) is 14.6. The summed E-state index contributed by atoms with van der Waals surface area (Å²) in [5.41, 5.74) is 2.69. The molecule has 1 aliphatic rings. The third-order valence-electron chi connectivity index (χ3n) is 4.72. The average molecular weight is 339 g/mol. The van der Waals surface area contributed by atoms with Crippen LogP contribution < -0.4 is 4.90 Å². The van der Waals surface area contributed by atoms with Gasteiger partial charge in [-0.25, -0.2) is 0 Å². The Hall–Kier alpha value is -2.37. The molecular formula is C20H25N3O2. The molecule has 0 spiro atoms. The molecule has 132 valence electrons. The van der Waals surface area contributed by atoms with Crippen molar-refractivity contribution in [2.75, 3.05) is 51.3 Å². The molecule has 0 radical (unpaired) electrons. The molecular weight excluding hydrogens is 314 g/mol. The van der Waals surface area contributed by atoms with Crippen molar-refractivity contribution in [3.05, 3.63) is 60.2 Å². The summed E-state index contributed by atoms with van der Waals surface area (Å²) in [7, 11) is 1.99. The van der Waals surface area contributed by atoms with E-state index in [4.69, 9.17) is 5.11 Å². The van der Waals surface area contributed by atoms with Gasteiger partial charge < -0.3 is 14.9 Å². The van der Waals surface area contributed by atoms with E-state index in [1.54, 1.807) is 0 Å². The second kappa shape index (κ2) is 8.14. The van der Waals surface area contributed by atoms with Crippen molar-refractivity contribution in [3.8, 4) is 0 Å². The van der Waals surface area contributed by atoms with E-state index in [1.807, 2.05) is 66.5 Å². The van der Waals surface area contributed by atoms with Crippen molar-refractivity contribution in [3.63, 3.8) is 0 Å². The number of nitrogens with zero attached hydrogens (tertiary/aromatic N) is 3. The average Bonchev–Trinajstić information content (AvgIpc) is 2.68. The zero-order chi connectivity index (χ0) is 17.6. The number of rotatable bonds is 5. The maximum absolute atomic E-state index is 13.1. The van der Waals surface area contributed by atoms with E-state index < -0.39 is 0 Å². The molecule has 1 saturated heterocycles. The van der Waals surface area contributed by atoms with Crippen molar-refractivity contribution in [1.82, 2.24) is 9.80 Å². The number of aliphatic hydroxyl groups is 1. The molecule has 0 aromatic heterocycles. The summed E-state index contributed by atoms with van der Waals surface area (Å²) < 4.78 is 0. The number of β-amino-alcohol motifs (C(OH)–C–C–N with tert-alkyl or cyclic N) is 1. The van der Waals surface area contributed by atoms with Crippen molar-refractivity contribution >= 4 is 17.3 Å². The Morgan fingerprint density at radius 2 is 1.64 bits per heavy atom. The number of benzene rings is 2. The molecule has 0 unspecified atom stereocenters. The van der Waals surface area contributed by atoms with Gasteiger partial charge in [0.2, 0.25) is 0 Å². The molecule has 0 saturated carbocycles. The lowest BCUT2D eigenvalue weighted by atomic mass is 10.1. The van der Waals surface area contributed by atoms with Crippen LogP contribution in [0.1, 0.15) is 10.4 Å². The predicted octanol–water partition coefficient (Wildman–Crippen LogP) is 2.20. The lowest BCUT2D eigenvalue weighted by Gasteiger charge is -2.35. The van der Waals surface area contributed by atoms with Crippen LogP contribution in [0.3, 0.4) is 0 Å². The number of anilines is 2. The summed E-state index contributed by atoms with van der Waals surface area (Å²) in [4.78, 5) is 19.2. The van der Waals surface area contributed by atoms with Crippen LogP contribution >= 0.6 is 0 Å². The smallest absolute Gasteiger partial charge is 0.256 e. The van der Waals surface area contributed by atoms with Crippen LogP contribution in [0.25, 0.3) is 0 Å². The largest absolute Gasteiger partial charge is 0.395 e. The first-order valence-corrected chi connectivity index (χ1v) is 8.71. The van der Waals surface area contributed by atoms with Gasteiger partial charge in [-0.15, -0.1) is 0 Å². The molecule has 1 aliphatic heterocycles. The minimum Gasteiger partial charge on any atom is -0.395 e. The van der Waals surface area contributed by atoms with Gasteiger partial charge in [-0.05, 0) is 24.3 Å². The summed E-state index contributed by atoms with van der Waals surface area (Å²) in [5.74, 6) is 0.0713. The Morgan fingerprint density at radius 3 is 2.32 bits per heavy atom. The molecule has 2 aromatic carbocycles. The van der Waals surface area contributed by atoms with Gasteiger partial charge in [0, 0.05) is 45.5 Å². The molecule has 0 aliphatic carbocycles. The Labute approximate surface area is 149 Å². The van der Waals surface area contributed by atoms with Crippen molar-refractivity contribution in [2.45, 2.75) is 0 Å². The predicted molar refractivity (Wildman–Crippen MR) is 100 cm³/mol. The summed E-state index contributed by atoms with van der Waals surface area (Å²) in [6, 6.07) is 17.8. The van der Waals surface area contributed by atoms with E-state index in [0.717, 1.165) is 30.0 Å². The molecule has 5 nitrogen and oxygen atoms in total. The van der Waals surface area contributed by atoms with E-state index in [9.17, 15) is 4.79 Å². The highest BCUT2D eigenvalue weighted by Gasteiger charge is 2.24. The van der Waals surface area contributed by atoms with Gasteiger partial charge in [0.15, 0.2) is 0 Å². The molecule has 0 atom stereocenters. The van der Waals surface area contributed by atoms with E-state index in [2.05, 4.69) is 9.80 Å². The number of piperazine rings is 1. The van der Waals surface area contributed by atoms with E-state index in [-0.39, 0.29) is 12.5 Å². The molecule has 25 heavy (non-hydrogen) atoms. The minimum absolute atomic E-state index is 0.0713. The first-order valence-electron chi connectivity index (χ1n) is 8.71. The van der Waals surface area contributed by atoms with Crippen molar-refractivity contribution < 1.29 is 9.90 Å². The van der Waals surface area contributed by atoms with Crippen LogP contribution in [0.4, 0.5) is 11.4 Å². The van der Waals surface area contributed by atoms with Crippen LogP contribution in [0.15, 0.2) is 54.6 Å². The van der Waals surface area contributed by atoms with Crippen LogP contribution in [-0.2, 0) is 0 Å². The lowest BCUT2D eigenvalue weighted by Crippen LogP contribution is -2.49. The highest BCUT2D eigenvalue weighted by molar-refractivity contribution is 6.00. The Bertz CT molecular complexity index is 697. The first-order chi connectivity index (χ1) is 12.2. The molecule has 1 fully saturated rings. The van der Waals surface area contributed by atoms with Gasteiger partial charge in [0.1, 0.15) is 0 Å². The molecule has 1 amide bonds. The fourth-order valence-electron chi connectivity index (χ4n) is 3.22.